The number of halogens is 1. The van der Waals surface area contributed by atoms with Gasteiger partial charge in [-0.1, -0.05) is 35.9 Å². The molecule has 0 atom stereocenters. The first-order valence-electron chi connectivity index (χ1n) is 6.44. The summed E-state index contributed by atoms with van der Waals surface area (Å²) < 4.78 is 0. The number of nitrogens with zero attached hydrogens (tertiary/aromatic N) is 2. The van der Waals surface area contributed by atoms with Crippen LogP contribution >= 0.6 is 11.6 Å². The molecule has 104 valence electrons. The third kappa shape index (κ3) is 5.79. The maximum atomic E-state index is 5.88. The van der Waals surface area contributed by atoms with Crippen LogP contribution in [0, 0.1) is 0 Å². The van der Waals surface area contributed by atoms with Crippen LogP contribution in [0.5, 0.6) is 0 Å². The highest BCUT2D eigenvalue weighted by molar-refractivity contribution is 6.30. The Morgan fingerprint density at radius 3 is 2.63 bits per heavy atom. The molecule has 4 heteroatoms. The summed E-state index contributed by atoms with van der Waals surface area (Å²) in [6.45, 7) is 3.73. The molecule has 0 unspecified atom stereocenters. The first-order valence-corrected chi connectivity index (χ1v) is 6.82. The Morgan fingerprint density at radius 2 is 2.05 bits per heavy atom. The van der Waals surface area contributed by atoms with Gasteiger partial charge in [-0.05, 0) is 31.0 Å². The quantitative estimate of drug-likeness (QED) is 0.388. The highest BCUT2D eigenvalue weighted by Crippen LogP contribution is 2.10. The molecule has 19 heavy (non-hydrogen) atoms. The molecule has 0 aliphatic carbocycles. The minimum Gasteiger partial charge on any atom is -0.356 e. The molecule has 1 rings (SSSR count). The van der Waals surface area contributed by atoms with E-state index in [2.05, 4.69) is 27.4 Å². The Labute approximate surface area is 121 Å². The molecule has 0 bridgehead atoms. The molecule has 1 aromatic rings. The van der Waals surface area contributed by atoms with Crippen molar-refractivity contribution in [1.82, 2.24) is 10.2 Å². The molecule has 0 aliphatic heterocycles. The van der Waals surface area contributed by atoms with E-state index in [1.165, 1.54) is 5.56 Å². The largest absolute Gasteiger partial charge is 0.356 e. The maximum absolute atomic E-state index is 5.88. The van der Waals surface area contributed by atoms with Gasteiger partial charge in [-0.3, -0.25) is 4.99 Å². The molecule has 0 saturated heterocycles. The van der Waals surface area contributed by atoms with Crippen LogP contribution in [0.15, 0.2) is 41.4 Å². The number of allylic oxidation sites excluding steroid dienone is 1. The van der Waals surface area contributed by atoms with Gasteiger partial charge in [0, 0.05) is 32.2 Å². The number of rotatable bonds is 5. The smallest absolute Gasteiger partial charge is 0.193 e. The van der Waals surface area contributed by atoms with Crippen molar-refractivity contribution in [1.29, 1.82) is 0 Å². The lowest BCUT2D eigenvalue weighted by Gasteiger charge is -2.22. The average molecular weight is 280 g/mol. The molecule has 3 nitrogen and oxygen atoms in total. The Kier molecular flexibility index (Phi) is 7.04. The second-order valence-corrected chi connectivity index (χ2v) is 4.75. The van der Waals surface area contributed by atoms with Crippen LogP contribution in [0.3, 0.4) is 0 Å². The Hall–Kier alpha value is -1.48. The van der Waals surface area contributed by atoms with Gasteiger partial charge in [0.25, 0.3) is 0 Å². The molecule has 0 amide bonds. The van der Waals surface area contributed by atoms with Crippen LogP contribution in [0.25, 0.3) is 0 Å². The van der Waals surface area contributed by atoms with Crippen molar-refractivity contribution in [3.8, 4) is 0 Å². The molecule has 0 saturated carbocycles. The van der Waals surface area contributed by atoms with Crippen LogP contribution < -0.4 is 5.32 Å². The Bertz CT molecular complexity index is 424. The SMILES string of the molecule is C/C=C/CCNC(=NC)N(C)Cc1ccc(Cl)cc1. The fraction of sp³-hybridized carbons (Fsp3) is 0.400. The van der Waals surface area contributed by atoms with E-state index in [0.29, 0.717) is 0 Å². The second kappa shape index (κ2) is 8.59. The Balaban J connectivity index is 2.49. The lowest BCUT2D eigenvalue weighted by molar-refractivity contribution is 0.477. The number of hydrogen-bond acceptors (Lipinski definition) is 1. The van der Waals surface area contributed by atoms with Crippen molar-refractivity contribution in [2.24, 2.45) is 4.99 Å². The van der Waals surface area contributed by atoms with Crippen LogP contribution in [0.2, 0.25) is 5.02 Å². The normalized spacial score (nSPS) is 11.9. The van der Waals surface area contributed by atoms with Crippen molar-refractivity contribution < 1.29 is 0 Å². The van der Waals surface area contributed by atoms with Crippen molar-refractivity contribution in [2.75, 3.05) is 20.6 Å². The van der Waals surface area contributed by atoms with E-state index >= 15 is 0 Å². The van der Waals surface area contributed by atoms with Gasteiger partial charge >= 0.3 is 0 Å². The van der Waals surface area contributed by atoms with Gasteiger partial charge < -0.3 is 10.2 Å². The monoisotopic (exact) mass is 279 g/mol. The summed E-state index contributed by atoms with van der Waals surface area (Å²) in [7, 11) is 3.83. The molecule has 0 aromatic heterocycles. The molecule has 0 aliphatic rings. The number of nitrogens with one attached hydrogen (secondary N) is 1. The fourth-order valence-corrected chi connectivity index (χ4v) is 1.88. The van der Waals surface area contributed by atoms with Crippen molar-refractivity contribution in [3.05, 3.63) is 47.0 Å². The van der Waals surface area contributed by atoms with Crippen LogP contribution in [0.1, 0.15) is 18.9 Å². The number of guanidine groups is 1. The highest BCUT2D eigenvalue weighted by atomic mass is 35.5. The van der Waals surface area contributed by atoms with E-state index in [4.69, 9.17) is 11.6 Å². The van der Waals surface area contributed by atoms with Crippen molar-refractivity contribution in [3.63, 3.8) is 0 Å². The van der Waals surface area contributed by atoms with Gasteiger partial charge in [0.05, 0.1) is 0 Å². The predicted molar refractivity (Wildman–Crippen MR) is 83.7 cm³/mol. The zero-order chi connectivity index (χ0) is 14.1. The third-order valence-corrected chi connectivity index (χ3v) is 2.99. The number of aliphatic imine (C=N–C) groups is 1. The van der Waals surface area contributed by atoms with Gasteiger partial charge in [-0.2, -0.15) is 0 Å². The molecule has 1 aromatic carbocycles. The van der Waals surface area contributed by atoms with E-state index in [-0.39, 0.29) is 0 Å². The van der Waals surface area contributed by atoms with E-state index in [0.717, 1.165) is 30.5 Å². The van der Waals surface area contributed by atoms with E-state index in [1.807, 2.05) is 38.2 Å². The topological polar surface area (TPSA) is 27.6 Å². The van der Waals surface area contributed by atoms with Gasteiger partial charge in [0.2, 0.25) is 0 Å². The molecule has 0 fully saturated rings. The predicted octanol–water partition coefficient (Wildman–Crippen LogP) is 3.31. The van der Waals surface area contributed by atoms with Crippen LogP contribution in [-0.4, -0.2) is 31.5 Å². The summed E-state index contributed by atoms with van der Waals surface area (Å²) in [5.41, 5.74) is 1.21. The second-order valence-electron chi connectivity index (χ2n) is 4.31. The minimum atomic E-state index is 0.764. The summed E-state index contributed by atoms with van der Waals surface area (Å²) in [4.78, 5) is 6.38. The molecule has 1 N–H and O–H groups in total. The van der Waals surface area contributed by atoms with Gasteiger partial charge in [-0.25, -0.2) is 0 Å². The van der Waals surface area contributed by atoms with Gasteiger partial charge in [0.15, 0.2) is 5.96 Å². The highest BCUT2D eigenvalue weighted by Gasteiger charge is 2.05. The van der Waals surface area contributed by atoms with Gasteiger partial charge in [-0.15, -0.1) is 0 Å². The zero-order valence-corrected chi connectivity index (χ0v) is 12.6. The lowest BCUT2D eigenvalue weighted by Crippen LogP contribution is -2.38. The zero-order valence-electron chi connectivity index (χ0n) is 11.9. The third-order valence-electron chi connectivity index (χ3n) is 2.74. The Morgan fingerprint density at radius 1 is 1.37 bits per heavy atom. The van der Waals surface area contributed by atoms with Gasteiger partial charge in [0.1, 0.15) is 0 Å². The summed E-state index contributed by atoms with van der Waals surface area (Å²) in [5, 5.41) is 4.10. The minimum absolute atomic E-state index is 0.764. The van der Waals surface area contributed by atoms with E-state index in [1.54, 1.807) is 7.05 Å². The van der Waals surface area contributed by atoms with Crippen LogP contribution in [0.4, 0.5) is 0 Å². The first kappa shape index (κ1) is 15.6. The molecule has 0 heterocycles. The number of hydrogen-bond donors (Lipinski definition) is 1. The maximum Gasteiger partial charge on any atom is 0.193 e. The molecule has 0 radical (unpaired) electrons. The molecular formula is C15H22ClN3. The summed E-state index contributed by atoms with van der Waals surface area (Å²) in [5.74, 6) is 0.902. The van der Waals surface area contributed by atoms with Crippen molar-refractivity contribution >= 4 is 17.6 Å². The van der Waals surface area contributed by atoms with Crippen LogP contribution in [-0.2, 0) is 6.54 Å². The molecular weight excluding hydrogens is 258 g/mol. The van der Waals surface area contributed by atoms with E-state index in [9.17, 15) is 0 Å². The summed E-state index contributed by atoms with van der Waals surface area (Å²) in [6.07, 6.45) is 5.20. The first-order chi connectivity index (χ1) is 9.17. The lowest BCUT2D eigenvalue weighted by atomic mass is 10.2. The van der Waals surface area contributed by atoms with Crippen molar-refractivity contribution in [2.45, 2.75) is 19.9 Å². The fourth-order valence-electron chi connectivity index (χ4n) is 1.76. The summed E-state index contributed by atoms with van der Waals surface area (Å²) >= 11 is 5.88. The summed E-state index contributed by atoms with van der Waals surface area (Å²) in [6, 6.07) is 7.89. The molecule has 0 spiro atoms. The average Bonchev–Trinajstić information content (AvgIpc) is 2.41. The number of benzene rings is 1. The van der Waals surface area contributed by atoms with E-state index < -0.39 is 0 Å². The standard InChI is InChI=1S/C15H22ClN3/c1-4-5-6-11-18-15(17-2)19(3)12-13-7-9-14(16)10-8-13/h4-5,7-10H,6,11-12H2,1-3H3,(H,17,18)/b5-4+.